The molecular weight excluding hydrogens is 298 g/mol. The van der Waals surface area contributed by atoms with Gasteiger partial charge in [-0.2, -0.15) is 0 Å². The molecule has 1 aromatic carbocycles. The number of amides is 1. The molecule has 0 spiro atoms. The summed E-state index contributed by atoms with van der Waals surface area (Å²) in [5, 5.41) is 2.54. The molecule has 6 nitrogen and oxygen atoms in total. The molecule has 0 bridgehead atoms. The quantitative estimate of drug-likeness (QED) is 0.516. The summed E-state index contributed by atoms with van der Waals surface area (Å²) in [4.78, 5) is 23.0. The highest BCUT2D eigenvalue weighted by Crippen LogP contribution is 2.16. The van der Waals surface area contributed by atoms with Crippen molar-refractivity contribution in [3.63, 3.8) is 0 Å². The van der Waals surface area contributed by atoms with Crippen molar-refractivity contribution in [1.82, 2.24) is 0 Å². The number of ether oxygens (including phenoxy) is 2. The first-order chi connectivity index (χ1) is 11.1. The number of furan rings is 1. The maximum Gasteiger partial charge on any atom is 0.411 e. The lowest BCUT2D eigenvalue weighted by Gasteiger charge is -2.06. The van der Waals surface area contributed by atoms with Gasteiger partial charge in [-0.1, -0.05) is 0 Å². The highest BCUT2D eigenvalue weighted by molar-refractivity contribution is 5.88. The maximum atomic E-state index is 11.7. The van der Waals surface area contributed by atoms with E-state index < -0.39 is 12.1 Å². The van der Waals surface area contributed by atoms with Gasteiger partial charge >= 0.3 is 12.1 Å². The van der Waals surface area contributed by atoms with Crippen molar-refractivity contribution in [2.75, 3.05) is 11.9 Å². The molecule has 0 aliphatic heterocycles. The fourth-order valence-corrected chi connectivity index (χ4v) is 1.73. The first-order valence-corrected chi connectivity index (χ1v) is 7.07. The fourth-order valence-electron chi connectivity index (χ4n) is 1.73. The summed E-state index contributed by atoms with van der Waals surface area (Å²) in [5.41, 5.74) is 0.546. The van der Waals surface area contributed by atoms with E-state index in [2.05, 4.69) is 5.32 Å². The SMILES string of the molecule is CCOC(=O)Nc1ccc(OC(=O)C=Cc2ccc(C)o2)cc1. The minimum Gasteiger partial charge on any atom is -0.462 e. The zero-order chi connectivity index (χ0) is 16.7. The van der Waals surface area contributed by atoms with Gasteiger partial charge in [0.05, 0.1) is 6.61 Å². The molecule has 0 saturated heterocycles. The van der Waals surface area contributed by atoms with Crippen LogP contribution in [-0.2, 0) is 9.53 Å². The van der Waals surface area contributed by atoms with Crippen LogP contribution in [0.25, 0.3) is 6.08 Å². The van der Waals surface area contributed by atoms with Crippen molar-refractivity contribution in [2.24, 2.45) is 0 Å². The van der Waals surface area contributed by atoms with Crippen LogP contribution in [0.5, 0.6) is 5.75 Å². The standard InChI is InChI=1S/C17H17NO5/c1-3-21-17(20)18-13-5-8-15(9-6-13)23-16(19)11-10-14-7-4-12(2)22-14/h4-11H,3H2,1-2H3,(H,18,20). The number of benzene rings is 1. The van der Waals surface area contributed by atoms with Crippen LogP contribution in [0.4, 0.5) is 10.5 Å². The van der Waals surface area contributed by atoms with Gasteiger partial charge in [-0.05, 0) is 56.3 Å². The van der Waals surface area contributed by atoms with Crippen LogP contribution in [-0.4, -0.2) is 18.7 Å². The Morgan fingerprint density at radius 3 is 2.52 bits per heavy atom. The molecule has 120 valence electrons. The van der Waals surface area contributed by atoms with E-state index in [4.69, 9.17) is 13.9 Å². The van der Waals surface area contributed by atoms with Crippen molar-refractivity contribution in [1.29, 1.82) is 0 Å². The van der Waals surface area contributed by atoms with E-state index in [9.17, 15) is 9.59 Å². The lowest BCUT2D eigenvalue weighted by molar-refractivity contribution is -0.128. The van der Waals surface area contributed by atoms with E-state index in [0.717, 1.165) is 5.76 Å². The Kier molecular flexibility index (Phi) is 5.57. The van der Waals surface area contributed by atoms with Crippen LogP contribution >= 0.6 is 0 Å². The van der Waals surface area contributed by atoms with Gasteiger partial charge in [0.25, 0.3) is 0 Å². The third kappa shape index (κ3) is 5.35. The van der Waals surface area contributed by atoms with E-state index in [1.54, 1.807) is 43.3 Å². The molecule has 0 radical (unpaired) electrons. The summed E-state index contributed by atoms with van der Waals surface area (Å²) < 4.78 is 15.2. The normalized spacial score (nSPS) is 10.5. The van der Waals surface area contributed by atoms with Crippen molar-refractivity contribution in [2.45, 2.75) is 13.8 Å². The summed E-state index contributed by atoms with van der Waals surface area (Å²) >= 11 is 0. The minimum absolute atomic E-state index is 0.295. The molecule has 0 saturated carbocycles. The fraction of sp³-hybridized carbons (Fsp3) is 0.176. The van der Waals surface area contributed by atoms with Gasteiger partial charge in [0.1, 0.15) is 17.3 Å². The Hall–Kier alpha value is -3.02. The Balaban J connectivity index is 1.88. The number of aryl methyl sites for hydroxylation is 1. The van der Waals surface area contributed by atoms with Crippen molar-refractivity contribution in [3.05, 3.63) is 54.0 Å². The monoisotopic (exact) mass is 315 g/mol. The maximum absolute atomic E-state index is 11.7. The molecule has 1 N–H and O–H groups in total. The Bertz CT molecular complexity index is 700. The van der Waals surface area contributed by atoms with Gasteiger partial charge in [0.2, 0.25) is 0 Å². The molecule has 1 heterocycles. The number of hydrogen-bond donors (Lipinski definition) is 1. The number of carbonyl (C=O) groups is 2. The second-order valence-electron chi connectivity index (χ2n) is 4.57. The number of anilines is 1. The van der Waals surface area contributed by atoms with Crippen molar-refractivity contribution in [3.8, 4) is 5.75 Å². The zero-order valence-electron chi connectivity index (χ0n) is 12.9. The highest BCUT2D eigenvalue weighted by atomic mass is 16.5. The molecule has 1 amide bonds. The van der Waals surface area contributed by atoms with E-state index in [1.807, 2.05) is 6.92 Å². The third-order valence-electron chi connectivity index (χ3n) is 2.74. The molecule has 0 unspecified atom stereocenters. The number of hydrogen-bond acceptors (Lipinski definition) is 5. The van der Waals surface area contributed by atoms with Crippen LogP contribution in [0.2, 0.25) is 0 Å². The van der Waals surface area contributed by atoms with Gasteiger partial charge in [-0.25, -0.2) is 9.59 Å². The summed E-state index contributed by atoms with van der Waals surface area (Å²) in [5.74, 6) is 1.19. The first kappa shape index (κ1) is 16.4. The van der Waals surface area contributed by atoms with Gasteiger partial charge in [0.15, 0.2) is 0 Å². The predicted molar refractivity (Wildman–Crippen MR) is 85.2 cm³/mol. The Labute approximate surface area is 133 Å². The zero-order valence-corrected chi connectivity index (χ0v) is 12.9. The average molecular weight is 315 g/mol. The highest BCUT2D eigenvalue weighted by Gasteiger charge is 2.04. The van der Waals surface area contributed by atoms with Gasteiger partial charge in [-0.3, -0.25) is 5.32 Å². The van der Waals surface area contributed by atoms with Gasteiger partial charge in [-0.15, -0.1) is 0 Å². The molecule has 0 aliphatic carbocycles. The lowest BCUT2D eigenvalue weighted by atomic mass is 10.3. The summed E-state index contributed by atoms with van der Waals surface area (Å²) in [6.45, 7) is 3.84. The molecule has 1 aromatic heterocycles. The minimum atomic E-state index is -0.533. The number of carbonyl (C=O) groups excluding carboxylic acids is 2. The van der Waals surface area contributed by atoms with Crippen LogP contribution in [0.1, 0.15) is 18.4 Å². The van der Waals surface area contributed by atoms with Crippen LogP contribution in [0.3, 0.4) is 0 Å². The van der Waals surface area contributed by atoms with E-state index >= 15 is 0 Å². The topological polar surface area (TPSA) is 77.8 Å². The van der Waals surface area contributed by atoms with Crippen molar-refractivity contribution < 1.29 is 23.5 Å². The van der Waals surface area contributed by atoms with Gasteiger partial charge in [0, 0.05) is 11.8 Å². The Morgan fingerprint density at radius 1 is 1.17 bits per heavy atom. The second kappa shape index (κ2) is 7.84. The predicted octanol–water partition coefficient (Wildman–Crippen LogP) is 3.78. The molecule has 0 atom stereocenters. The summed E-state index contributed by atoms with van der Waals surface area (Å²) in [6.07, 6.45) is 2.28. The van der Waals surface area contributed by atoms with E-state index in [-0.39, 0.29) is 0 Å². The summed E-state index contributed by atoms with van der Waals surface area (Å²) in [6, 6.07) is 9.93. The summed E-state index contributed by atoms with van der Waals surface area (Å²) in [7, 11) is 0. The number of esters is 1. The van der Waals surface area contributed by atoms with Crippen LogP contribution < -0.4 is 10.1 Å². The third-order valence-corrected chi connectivity index (χ3v) is 2.74. The molecule has 2 rings (SSSR count). The molecule has 2 aromatic rings. The van der Waals surface area contributed by atoms with Crippen molar-refractivity contribution >= 4 is 23.8 Å². The van der Waals surface area contributed by atoms with Gasteiger partial charge < -0.3 is 13.9 Å². The largest absolute Gasteiger partial charge is 0.462 e. The van der Waals surface area contributed by atoms with E-state index in [0.29, 0.717) is 23.8 Å². The molecule has 6 heteroatoms. The first-order valence-electron chi connectivity index (χ1n) is 7.07. The average Bonchev–Trinajstić information content (AvgIpc) is 2.93. The molecule has 0 aliphatic rings. The number of rotatable bonds is 5. The lowest BCUT2D eigenvalue weighted by Crippen LogP contribution is -2.13. The molecular formula is C17H17NO5. The second-order valence-corrected chi connectivity index (χ2v) is 4.57. The van der Waals surface area contributed by atoms with E-state index in [1.165, 1.54) is 12.2 Å². The number of nitrogens with one attached hydrogen (secondary N) is 1. The van der Waals surface area contributed by atoms with Crippen LogP contribution in [0, 0.1) is 6.92 Å². The van der Waals surface area contributed by atoms with Crippen LogP contribution in [0.15, 0.2) is 46.9 Å². The Morgan fingerprint density at radius 2 is 1.91 bits per heavy atom. The molecule has 0 fully saturated rings. The smallest absolute Gasteiger partial charge is 0.411 e. The molecule has 23 heavy (non-hydrogen) atoms.